The third-order valence-electron chi connectivity index (χ3n) is 2.53. The molecule has 0 saturated carbocycles. The quantitative estimate of drug-likeness (QED) is 0.796. The topological polar surface area (TPSA) is 57.5 Å². The van der Waals surface area contributed by atoms with Gasteiger partial charge in [0, 0.05) is 12.0 Å². The molecule has 0 radical (unpaired) electrons. The SMILES string of the molecule is CC(C)=CC=C1C=C(O)C(C(=O)CC(C)C)=C1O. The zero-order valence-corrected chi connectivity index (χ0v) is 11.3. The summed E-state index contributed by atoms with van der Waals surface area (Å²) in [5, 5.41) is 19.7. The second kappa shape index (κ2) is 5.71. The van der Waals surface area contributed by atoms with E-state index in [9.17, 15) is 15.0 Å². The van der Waals surface area contributed by atoms with Crippen LogP contribution in [-0.2, 0) is 4.79 Å². The molecule has 0 amide bonds. The van der Waals surface area contributed by atoms with E-state index < -0.39 is 0 Å². The largest absolute Gasteiger partial charge is 0.507 e. The number of carbonyl (C=O) groups excluding carboxylic acids is 1. The molecule has 0 heterocycles. The Kier molecular flexibility index (Phi) is 4.54. The molecule has 0 bridgehead atoms. The number of Topliss-reactive ketones (excluding diaryl/α,β-unsaturated/α-hetero) is 1. The van der Waals surface area contributed by atoms with Crippen LogP contribution in [0.4, 0.5) is 0 Å². The first-order chi connectivity index (χ1) is 8.32. The molecule has 3 heteroatoms. The van der Waals surface area contributed by atoms with Crippen molar-refractivity contribution in [2.45, 2.75) is 34.1 Å². The first-order valence-electron chi connectivity index (χ1n) is 6.06. The summed E-state index contributed by atoms with van der Waals surface area (Å²) >= 11 is 0. The zero-order chi connectivity index (χ0) is 13.9. The van der Waals surface area contributed by atoms with Crippen LogP contribution in [0.2, 0.25) is 0 Å². The molecule has 0 spiro atoms. The van der Waals surface area contributed by atoms with Crippen LogP contribution in [0.5, 0.6) is 0 Å². The van der Waals surface area contributed by atoms with Crippen molar-refractivity contribution in [2.24, 2.45) is 5.92 Å². The van der Waals surface area contributed by atoms with Crippen LogP contribution in [0.15, 0.2) is 46.5 Å². The lowest BCUT2D eigenvalue weighted by molar-refractivity contribution is -0.116. The van der Waals surface area contributed by atoms with Crippen LogP contribution in [0.25, 0.3) is 0 Å². The molecule has 1 aliphatic rings. The average Bonchev–Trinajstić information content (AvgIpc) is 2.49. The summed E-state index contributed by atoms with van der Waals surface area (Å²) in [7, 11) is 0. The lowest BCUT2D eigenvalue weighted by atomic mass is 10.0. The second-order valence-corrected chi connectivity index (χ2v) is 5.14. The Morgan fingerprint density at radius 3 is 2.44 bits per heavy atom. The summed E-state index contributed by atoms with van der Waals surface area (Å²) in [6.07, 6.45) is 5.25. The highest BCUT2D eigenvalue weighted by molar-refractivity contribution is 6.01. The standard InChI is InChI=1S/C15H20O3/c1-9(2)5-6-11-8-13(17)14(15(11)18)12(16)7-10(3)4/h5-6,8,10,17-18H,7H2,1-4H3. The van der Waals surface area contributed by atoms with Crippen LogP contribution in [0, 0.1) is 5.92 Å². The minimum absolute atomic E-state index is 0.0390. The summed E-state index contributed by atoms with van der Waals surface area (Å²) in [5.41, 5.74) is 1.59. The van der Waals surface area contributed by atoms with Gasteiger partial charge in [0.25, 0.3) is 0 Å². The first-order valence-corrected chi connectivity index (χ1v) is 6.06. The maximum atomic E-state index is 11.9. The van der Waals surface area contributed by atoms with Gasteiger partial charge in [0.05, 0.1) is 0 Å². The number of allylic oxidation sites excluding steroid dienone is 5. The van der Waals surface area contributed by atoms with Gasteiger partial charge in [-0.15, -0.1) is 0 Å². The summed E-state index contributed by atoms with van der Waals surface area (Å²) in [4.78, 5) is 11.9. The van der Waals surface area contributed by atoms with Crippen molar-refractivity contribution < 1.29 is 15.0 Å². The second-order valence-electron chi connectivity index (χ2n) is 5.14. The molecule has 0 fully saturated rings. The van der Waals surface area contributed by atoms with Gasteiger partial charge in [-0.3, -0.25) is 4.79 Å². The molecule has 0 unspecified atom stereocenters. The predicted molar refractivity (Wildman–Crippen MR) is 72.3 cm³/mol. The van der Waals surface area contributed by atoms with E-state index in [0.717, 1.165) is 5.57 Å². The zero-order valence-electron chi connectivity index (χ0n) is 11.3. The first kappa shape index (κ1) is 14.3. The van der Waals surface area contributed by atoms with Gasteiger partial charge < -0.3 is 10.2 Å². The van der Waals surface area contributed by atoms with E-state index in [-0.39, 0.29) is 28.8 Å². The number of hydrogen-bond donors (Lipinski definition) is 2. The van der Waals surface area contributed by atoms with Gasteiger partial charge >= 0.3 is 0 Å². The van der Waals surface area contributed by atoms with Crippen molar-refractivity contribution in [1.29, 1.82) is 0 Å². The molecule has 0 aromatic carbocycles. The number of aliphatic hydroxyl groups is 2. The maximum Gasteiger partial charge on any atom is 0.170 e. The van der Waals surface area contributed by atoms with Gasteiger partial charge in [0.15, 0.2) is 5.78 Å². The smallest absolute Gasteiger partial charge is 0.170 e. The molecule has 0 aliphatic heterocycles. The van der Waals surface area contributed by atoms with Crippen molar-refractivity contribution in [2.75, 3.05) is 0 Å². The van der Waals surface area contributed by atoms with E-state index in [0.29, 0.717) is 12.0 Å². The highest BCUT2D eigenvalue weighted by Gasteiger charge is 2.26. The van der Waals surface area contributed by atoms with E-state index in [1.807, 2.05) is 33.8 Å². The Labute approximate surface area is 108 Å². The molecular formula is C15H20O3. The molecular weight excluding hydrogens is 228 g/mol. The van der Waals surface area contributed by atoms with Crippen molar-refractivity contribution >= 4 is 5.78 Å². The van der Waals surface area contributed by atoms with Crippen molar-refractivity contribution in [3.8, 4) is 0 Å². The van der Waals surface area contributed by atoms with Crippen molar-refractivity contribution in [3.63, 3.8) is 0 Å². The van der Waals surface area contributed by atoms with Gasteiger partial charge in [-0.25, -0.2) is 0 Å². The fourth-order valence-electron chi connectivity index (χ4n) is 1.68. The summed E-state index contributed by atoms with van der Waals surface area (Å²) in [6.45, 7) is 7.71. The Hall–Kier alpha value is -1.77. The fourth-order valence-corrected chi connectivity index (χ4v) is 1.68. The molecule has 0 atom stereocenters. The van der Waals surface area contributed by atoms with Crippen LogP contribution < -0.4 is 0 Å². The third-order valence-corrected chi connectivity index (χ3v) is 2.53. The van der Waals surface area contributed by atoms with Crippen LogP contribution in [0.3, 0.4) is 0 Å². The van der Waals surface area contributed by atoms with E-state index in [4.69, 9.17) is 0 Å². The van der Waals surface area contributed by atoms with Crippen LogP contribution in [0.1, 0.15) is 34.1 Å². The summed E-state index contributed by atoms with van der Waals surface area (Å²) in [5.74, 6) is -0.310. The van der Waals surface area contributed by atoms with Gasteiger partial charge in [-0.2, -0.15) is 0 Å². The lowest BCUT2D eigenvalue weighted by Gasteiger charge is -2.05. The molecule has 1 rings (SSSR count). The molecule has 98 valence electrons. The van der Waals surface area contributed by atoms with Crippen LogP contribution >= 0.6 is 0 Å². The number of ketones is 1. The number of rotatable bonds is 4. The number of hydrogen-bond acceptors (Lipinski definition) is 3. The highest BCUT2D eigenvalue weighted by Crippen LogP contribution is 2.29. The van der Waals surface area contributed by atoms with Gasteiger partial charge in [0.2, 0.25) is 0 Å². The fraction of sp³-hybridized carbons (Fsp3) is 0.400. The molecule has 0 aromatic heterocycles. The molecule has 2 N–H and O–H groups in total. The molecule has 18 heavy (non-hydrogen) atoms. The molecule has 1 aliphatic carbocycles. The van der Waals surface area contributed by atoms with Crippen molar-refractivity contribution in [3.05, 3.63) is 46.5 Å². The summed E-state index contributed by atoms with van der Waals surface area (Å²) in [6, 6.07) is 0. The molecule has 3 nitrogen and oxygen atoms in total. The monoisotopic (exact) mass is 248 g/mol. The minimum Gasteiger partial charge on any atom is -0.507 e. The number of aliphatic hydroxyl groups excluding tert-OH is 2. The van der Waals surface area contributed by atoms with E-state index >= 15 is 0 Å². The lowest BCUT2D eigenvalue weighted by Crippen LogP contribution is -2.08. The average molecular weight is 248 g/mol. The Morgan fingerprint density at radius 1 is 1.33 bits per heavy atom. The van der Waals surface area contributed by atoms with E-state index in [1.54, 1.807) is 6.08 Å². The Balaban J connectivity index is 3.06. The summed E-state index contributed by atoms with van der Waals surface area (Å²) < 4.78 is 0. The Morgan fingerprint density at radius 2 is 1.94 bits per heavy atom. The normalized spacial score (nSPS) is 17.4. The predicted octanol–water partition coefficient (Wildman–Crippen LogP) is 3.76. The maximum absolute atomic E-state index is 11.9. The third kappa shape index (κ3) is 3.36. The van der Waals surface area contributed by atoms with Gasteiger partial charge in [0.1, 0.15) is 17.1 Å². The van der Waals surface area contributed by atoms with Crippen molar-refractivity contribution in [1.82, 2.24) is 0 Å². The minimum atomic E-state index is -0.225. The molecule has 0 aromatic rings. The van der Waals surface area contributed by atoms with Crippen LogP contribution in [-0.4, -0.2) is 16.0 Å². The van der Waals surface area contributed by atoms with Gasteiger partial charge in [-0.1, -0.05) is 31.6 Å². The highest BCUT2D eigenvalue weighted by atomic mass is 16.3. The number of carbonyl (C=O) groups is 1. The van der Waals surface area contributed by atoms with E-state index in [1.165, 1.54) is 6.08 Å². The van der Waals surface area contributed by atoms with Gasteiger partial charge in [-0.05, 0) is 25.8 Å². The van der Waals surface area contributed by atoms with E-state index in [2.05, 4.69) is 0 Å². The molecule has 0 saturated heterocycles. The Bertz CT molecular complexity index is 470.